The van der Waals surface area contributed by atoms with Crippen molar-refractivity contribution in [3.63, 3.8) is 0 Å². The summed E-state index contributed by atoms with van der Waals surface area (Å²) in [5.74, 6) is 0.199. The number of benzene rings is 2. The molecule has 0 aromatic heterocycles. The summed E-state index contributed by atoms with van der Waals surface area (Å²) >= 11 is 0. The monoisotopic (exact) mass is 456 g/mol. The van der Waals surface area contributed by atoms with Crippen LogP contribution in [0.25, 0.3) is 0 Å². The fourth-order valence-electron chi connectivity index (χ4n) is 4.21. The number of likely N-dealkylation sites (tertiary alicyclic amines) is 1. The molecule has 1 unspecified atom stereocenters. The normalized spacial score (nSPS) is 20.8. The van der Waals surface area contributed by atoms with Crippen molar-refractivity contribution in [3.8, 4) is 5.75 Å². The first-order chi connectivity index (χ1) is 15.0. The number of rotatable bonds is 4. The van der Waals surface area contributed by atoms with E-state index in [9.17, 15) is 18.0 Å². The molecule has 1 fully saturated rings. The zero-order valence-corrected chi connectivity index (χ0v) is 19.4. The van der Waals surface area contributed by atoms with E-state index in [2.05, 4.69) is 25.5 Å². The van der Waals surface area contributed by atoms with Gasteiger partial charge in [0.2, 0.25) is 15.9 Å². The number of amides is 1. The number of nitrogens with one attached hydrogen (secondary N) is 1. The van der Waals surface area contributed by atoms with E-state index in [1.807, 2.05) is 6.07 Å². The maximum Gasteiger partial charge on any atom is 0.241 e. The van der Waals surface area contributed by atoms with Crippen molar-refractivity contribution < 1.29 is 22.7 Å². The van der Waals surface area contributed by atoms with Gasteiger partial charge in [0.1, 0.15) is 11.4 Å². The Labute approximate surface area is 188 Å². The number of Topliss-reactive ketones (excluding diaryl/α,β-unsaturated/α-hetero) is 1. The Morgan fingerprint density at radius 3 is 2.50 bits per heavy atom. The molecule has 1 atom stereocenters. The molecule has 2 aliphatic rings. The summed E-state index contributed by atoms with van der Waals surface area (Å²) in [5, 5.41) is 0. The molecule has 1 spiro atoms. The van der Waals surface area contributed by atoms with E-state index in [0.717, 1.165) is 5.56 Å². The number of hydrogen-bond donors (Lipinski definition) is 1. The zero-order valence-electron chi connectivity index (χ0n) is 18.6. The van der Waals surface area contributed by atoms with Gasteiger partial charge in [0.25, 0.3) is 0 Å². The van der Waals surface area contributed by atoms with E-state index < -0.39 is 15.6 Å². The average Bonchev–Trinajstić information content (AvgIpc) is 3.14. The molecule has 0 saturated carbocycles. The van der Waals surface area contributed by atoms with Crippen LogP contribution in [0.4, 0.5) is 0 Å². The highest BCUT2D eigenvalue weighted by atomic mass is 32.2. The summed E-state index contributed by atoms with van der Waals surface area (Å²) < 4.78 is 33.8. The summed E-state index contributed by atoms with van der Waals surface area (Å²) in [5.41, 5.74) is 0.759. The molecule has 7 nitrogen and oxygen atoms in total. The highest BCUT2D eigenvalue weighted by molar-refractivity contribution is 7.89. The molecule has 0 bridgehead atoms. The maximum atomic E-state index is 12.7. The molecule has 170 valence electrons. The van der Waals surface area contributed by atoms with Crippen LogP contribution in [-0.4, -0.2) is 50.2 Å². The van der Waals surface area contributed by atoms with Crippen LogP contribution in [0.5, 0.6) is 5.75 Å². The third kappa shape index (κ3) is 4.42. The Morgan fingerprint density at radius 2 is 1.81 bits per heavy atom. The van der Waals surface area contributed by atoms with Crippen molar-refractivity contribution in [2.24, 2.45) is 0 Å². The summed E-state index contributed by atoms with van der Waals surface area (Å²) in [6.45, 7) is 6.49. The fraction of sp³-hybridized carbons (Fsp3) is 0.417. The third-order valence-electron chi connectivity index (χ3n) is 6.11. The molecule has 4 rings (SSSR count). The van der Waals surface area contributed by atoms with Crippen LogP contribution in [0.1, 0.15) is 49.5 Å². The Hall–Kier alpha value is -2.71. The van der Waals surface area contributed by atoms with Gasteiger partial charge in [-0.1, -0.05) is 45.0 Å². The van der Waals surface area contributed by atoms with Crippen molar-refractivity contribution in [1.29, 1.82) is 0 Å². The van der Waals surface area contributed by atoms with Gasteiger partial charge < -0.3 is 9.64 Å². The van der Waals surface area contributed by atoms with Gasteiger partial charge in [-0.25, -0.2) is 13.1 Å². The van der Waals surface area contributed by atoms with Crippen molar-refractivity contribution in [1.82, 2.24) is 9.62 Å². The van der Waals surface area contributed by atoms with Crippen molar-refractivity contribution in [2.45, 2.75) is 49.5 Å². The van der Waals surface area contributed by atoms with Crippen molar-refractivity contribution in [3.05, 3.63) is 59.7 Å². The molecular formula is C24H28N2O5S. The highest BCUT2D eigenvalue weighted by Gasteiger charge is 2.46. The second-order valence-corrected chi connectivity index (χ2v) is 11.3. The number of para-hydroxylation sites is 1. The van der Waals surface area contributed by atoms with Gasteiger partial charge in [0, 0.05) is 13.0 Å². The highest BCUT2D eigenvalue weighted by Crippen LogP contribution is 2.38. The first kappa shape index (κ1) is 22.5. The molecule has 2 aromatic rings. The standard InChI is InChI=1S/C24H28N2O5S/c1-23(2,3)17-8-10-18(11-9-17)32(29,30)25-15-22(28)26-13-12-24(16-26)14-20(27)19-6-4-5-7-21(19)31-24/h4-11,25H,12-16H2,1-3H3. The average molecular weight is 457 g/mol. The van der Waals surface area contributed by atoms with Gasteiger partial charge in [-0.2, -0.15) is 0 Å². The van der Waals surface area contributed by atoms with Gasteiger partial charge in [-0.3, -0.25) is 9.59 Å². The number of carbonyl (C=O) groups excluding carboxylic acids is 2. The molecule has 8 heteroatoms. The minimum Gasteiger partial charge on any atom is -0.484 e. The quantitative estimate of drug-likeness (QED) is 0.764. The molecule has 1 amide bonds. The Kier molecular flexibility index (Phi) is 5.63. The van der Waals surface area contributed by atoms with Gasteiger partial charge in [0.05, 0.1) is 30.0 Å². The van der Waals surface area contributed by atoms with Crippen LogP contribution in [0.2, 0.25) is 0 Å². The number of carbonyl (C=O) groups is 2. The van der Waals surface area contributed by atoms with Gasteiger partial charge in [-0.05, 0) is 35.2 Å². The number of fused-ring (bicyclic) bond motifs is 1. The lowest BCUT2D eigenvalue weighted by atomic mass is 9.87. The van der Waals surface area contributed by atoms with Crippen LogP contribution < -0.4 is 9.46 Å². The van der Waals surface area contributed by atoms with Gasteiger partial charge in [-0.15, -0.1) is 0 Å². The predicted octanol–water partition coefficient (Wildman–Crippen LogP) is 2.90. The SMILES string of the molecule is CC(C)(C)c1ccc(S(=O)(=O)NCC(=O)N2CCC3(CC(=O)c4ccccc4O3)C2)cc1. The molecule has 0 radical (unpaired) electrons. The topological polar surface area (TPSA) is 92.8 Å². The summed E-state index contributed by atoms with van der Waals surface area (Å²) in [4.78, 5) is 26.9. The summed E-state index contributed by atoms with van der Waals surface area (Å²) in [6, 6.07) is 13.8. The summed E-state index contributed by atoms with van der Waals surface area (Å²) in [6.07, 6.45) is 0.736. The molecule has 1 N–H and O–H groups in total. The van der Waals surface area contributed by atoms with E-state index >= 15 is 0 Å². The maximum absolute atomic E-state index is 12.7. The Morgan fingerprint density at radius 1 is 1.12 bits per heavy atom. The smallest absolute Gasteiger partial charge is 0.241 e. The molecule has 2 aromatic carbocycles. The lowest BCUT2D eigenvalue weighted by molar-refractivity contribution is -0.129. The molecule has 32 heavy (non-hydrogen) atoms. The fourth-order valence-corrected chi connectivity index (χ4v) is 5.19. The Bertz CT molecular complexity index is 1150. The largest absolute Gasteiger partial charge is 0.484 e. The molecule has 2 heterocycles. The van der Waals surface area contributed by atoms with E-state index in [1.54, 1.807) is 47.4 Å². The zero-order chi connectivity index (χ0) is 23.1. The van der Waals surface area contributed by atoms with Gasteiger partial charge in [0.15, 0.2) is 5.78 Å². The lowest BCUT2D eigenvalue weighted by Crippen LogP contribution is -2.46. The first-order valence-corrected chi connectivity index (χ1v) is 12.2. The Balaban J connectivity index is 1.38. The van der Waals surface area contributed by atoms with Crippen molar-refractivity contribution >= 4 is 21.7 Å². The second kappa shape index (κ2) is 8.01. The van der Waals surface area contributed by atoms with Crippen molar-refractivity contribution in [2.75, 3.05) is 19.6 Å². The number of sulfonamides is 1. The molecular weight excluding hydrogens is 428 g/mol. The van der Waals surface area contributed by atoms with E-state index in [0.29, 0.717) is 24.3 Å². The van der Waals surface area contributed by atoms with Crippen LogP contribution >= 0.6 is 0 Å². The third-order valence-corrected chi connectivity index (χ3v) is 7.53. The van der Waals surface area contributed by atoms with Crippen LogP contribution in [0.15, 0.2) is 53.4 Å². The number of ketones is 1. The molecule has 0 aliphatic carbocycles. The number of ether oxygens (including phenoxy) is 1. The number of hydrogen-bond acceptors (Lipinski definition) is 5. The summed E-state index contributed by atoms with van der Waals surface area (Å²) in [7, 11) is -3.81. The minimum atomic E-state index is -3.81. The number of nitrogens with zero attached hydrogens (tertiary/aromatic N) is 1. The first-order valence-electron chi connectivity index (χ1n) is 10.7. The molecule has 1 saturated heterocycles. The van der Waals surface area contributed by atoms with Crippen LogP contribution in [0, 0.1) is 0 Å². The van der Waals surface area contributed by atoms with E-state index in [-0.39, 0.29) is 41.5 Å². The van der Waals surface area contributed by atoms with Crippen LogP contribution in [-0.2, 0) is 20.2 Å². The van der Waals surface area contributed by atoms with E-state index in [4.69, 9.17) is 4.74 Å². The van der Waals surface area contributed by atoms with Crippen LogP contribution in [0.3, 0.4) is 0 Å². The second-order valence-electron chi connectivity index (χ2n) is 9.55. The lowest BCUT2D eigenvalue weighted by Gasteiger charge is -2.34. The predicted molar refractivity (Wildman–Crippen MR) is 120 cm³/mol. The van der Waals surface area contributed by atoms with Gasteiger partial charge >= 0.3 is 0 Å². The van der Waals surface area contributed by atoms with E-state index in [1.165, 1.54) is 0 Å². The molecule has 2 aliphatic heterocycles. The minimum absolute atomic E-state index is 0.000514.